The van der Waals surface area contributed by atoms with Gasteiger partial charge in [-0.05, 0) is 48.9 Å². The molecule has 4 rings (SSSR count). The molecule has 1 N–H and O–H groups in total. The first kappa shape index (κ1) is 20.6. The van der Waals surface area contributed by atoms with Crippen LogP contribution in [0, 0.1) is 0 Å². The standard InChI is InChI=1S/C22H25N3O4S/c1-3-14-7-9-15(10-8-14)25-20(27)19-16-5-4-6-17(16)30-21(19)24(22(25)28)13-18(26)23-11-12-29-2/h7-10H,3-6,11-13H2,1-2H3,(H,23,26). The molecule has 0 spiro atoms. The smallest absolute Gasteiger partial charge is 0.337 e. The topological polar surface area (TPSA) is 82.3 Å². The summed E-state index contributed by atoms with van der Waals surface area (Å²) >= 11 is 1.47. The van der Waals surface area contributed by atoms with Gasteiger partial charge >= 0.3 is 5.69 Å². The van der Waals surface area contributed by atoms with E-state index in [1.165, 1.54) is 20.5 Å². The third-order valence-corrected chi connectivity index (χ3v) is 6.83. The van der Waals surface area contributed by atoms with Crippen LogP contribution in [0.1, 0.15) is 29.3 Å². The van der Waals surface area contributed by atoms with E-state index in [-0.39, 0.29) is 18.0 Å². The number of fused-ring (bicyclic) bond motifs is 3. The van der Waals surface area contributed by atoms with Crippen LogP contribution in [-0.4, -0.2) is 35.3 Å². The van der Waals surface area contributed by atoms with E-state index in [9.17, 15) is 14.4 Å². The SMILES string of the molecule is CCc1ccc(-n2c(=O)c3c4c(sc3n(CC(=O)NCCOC)c2=O)CCC4)cc1. The molecule has 1 aliphatic carbocycles. The molecule has 158 valence electrons. The predicted molar refractivity (Wildman–Crippen MR) is 118 cm³/mol. The minimum Gasteiger partial charge on any atom is -0.383 e. The first-order valence-corrected chi connectivity index (χ1v) is 11.0. The number of carbonyl (C=O) groups is 1. The Morgan fingerprint density at radius 3 is 2.67 bits per heavy atom. The van der Waals surface area contributed by atoms with Gasteiger partial charge in [0.15, 0.2) is 0 Å². The van der Waals surface area contributed by atoms with Crippen LogP contribution >= 0.6 is 11.3 Å². The largest absolute Gasteiger partial charge is 0.383 e. The number of aryl methyl sites for hydroxylation is 3. The van der Waals surface area contributed by atoms with E-state index in [1.54, 1.807) is 19.2 Å². The van der Waals surface area contributed by atoms with Crippen LogP contribution in [0.5, 0.6) is 0 Å². The fourth-order valence-corrected chi connectivity index (χ4v) is 5.32. The van der Waals surface area contributed by atoms with Crippen molar-refractivity contribution in [1.82, 2.24) is 14.5 Å². The van der Waals surface area contributed by atoms with Gasteiger partial charge in [0.05, 0.1) is 17.7 Å². The number of ether oxygens (including phenoxy) is 1. The van der Waals surface area contributed by atoms with Gasteiger partial charge in [-0.1, -0.05) is 19.1 Å². The molecular weight excluding hydrogens is 402 g/mol. The number of methoxy groups -OCH3 is 1. The monoisotopic (exact) mass is 427 g/mol. The highest BCUT2D eigenvalue weighted by Gasteiger charge is 2.25. The van der Waals surface area contributed by atoms with Crippen molar-refractivity contribution < 1.29 is 9.53 Å². The third kappa shape index (κ3) is 3.61. The van der Waals surface area contributed by atoms with Crippen molar-refractivity contribution in [1.29, 1.82) is 0 Å². The average Bonchev–Trinajstić information content (AvgIpc) is 3.33. The number of hydrogen-bond donors (Lipinski definition) is 1. The van der Waals surface area contributed by atoms with Crippen molar-refractivity contribution in [3.05, 3.63) is 61.1 Å². The molecule has 1 aliphatic rings. The number of thiophene rings is 1. The Morgan fingerprint density at radius 2 is 1.97 bits per heavy atom. The van der Waals surface area contributed by atoms with Crippen molar-refractivity contribution in [3.8, 4) is 5.69 Å². The van der Waals surface area contributed by atoms with Crippen LogP contribution in [0.3, 0.4) is 0 Å². The van der Waals surface area contributed by atoms with Crippen molar-refractivity contribution in [2.75, 3.05) is 20.3 Å². The molecular formula is C22H25N3O4S. The molecule has 7 nitrogen and oxygen atoms in total. The zero-order chi connectivity index (χ0) is 21.3. The van der Waals surface area contributed by atoms with Crippen LogP contribution in [-0.2, 0) is 35.3 Å². The van der Waals surface area contributed by atoms with Crippen molar-refractivity contribution >= 4 is 27.5 Å². The molecule has 0 saturated heterocycles. The van der Waals surface area contributed by atoms with E-state index in [1.807, 2.05) is 12.1 Å². The van der Waals surface area contributed by atoms with E-state index in [0.717, 1.165) is 41.7 Å². The van der Waals surface area contributed by atoms with Gasteiger partial charge in [-0.3, -0.25) is 14.2 Å². The Kier molecular flexibility index (Phi) is 5.87. The molecule has 3 aromatic rings. The summed E-state index contributed by atoms with van der Waals surface area (Å²) in [6.07, 6.45) is 3.63. The molecule has 1 aromatic carbocycles. The first-order chi connectivity index (χ1) is 14.5. The minimum absolute atomic E-state index is 0.133. The van der Waals surface area contributed by atoms with Crippen molar-refractivity contribution in [2.45, 2.75) is 39.2 Å². The number of hydrogen-bond acceptors (Lipinski definition) is 5. The maximum absolute atomic E-state index is 13.4. The van der Waals surface area contributed by atoms with Crippen molar-refractivity contribution in [3.63, 3.8) is 0 Å². The van der Waals surface area contributed by atoms with Gasteiger partial charge < -0.3 is 10.1 Å². The summed E-state index contributed by atoms with van der Waals surface area (Å²) in [7, 11) is 1.56. The Bertz CT molecular complexity index is 1200. The number of rotatable bonds is 7. The summed E-state index contributed by atoms with van der Waals surface area (Å²) in [5.41, 5.74) is 1.90. The van der Waals surface area contributed by atoms with E-state index in [0.29, 0.717) is 29.1 Å². The van der Waals surface area contributed by atoms with Gasteiger partial charge in [0.2, 0.25) is 5.91 Å². The quantitative estimate of drug-likeness (QED) is 0.585. The number of nitrogens with one attached hydrogen (secondary N) is 1. The molecule has 0 saturated carbocycles. The molecule has 0 aliphatic heterocycles. The van der Waals surface area contributed by atoms with Crippen LogP contribution < -0.4 is 16.6 Å². The fourth-order valence-electron chi connectivity index (χ4n) is 3.95. The van der Waals surface area contributed by atoms with E-state index < -0.39 is 5.69 Å². The fraction of sp³-hybridized carbons (Fsp3) is 0.409. The second-order valence-electron chi connectivity index (χ2n) is 7.41. The van der Waals surface area contributed by atoms with E-state index in [2.05, 4.69) is 12.2 Å². The highest BCUT2D eigenvalue weighted by atomic mass is 32.1. The molecule has 8 heteroatoms. The lowest BCUT2D eigenvalue weighted by atomic mass is 10.1. The zero-order valence-corrected chi connectivity index (χ0v) is 18.0. The lowest BCUT2D eigenvalue weighted by molar-refractivity contribution is -0.121. The molecule has 2 aromatic heterocycles. The molecule has 2 heterocycles. The second-order valence-corrected chi connectivity index (χ2v) is 8.49. The van der Waals surface area contributed by atoms with Gasteiger partial charge in [0.1, 0.15) is 11.4 Å². The van der Waals surface area contributed by atoms with Crippen LogP contribution in [0.2, 0.25) is 0 Å². The zero-order valence-electron chi connectivity index (χ0n) is 17.2. The minimum atomic E-state index is -0.487. The lowest BCUT2D eigenvalue weighted by Crippen LogP contribution is -2.42. The maximum atomic E-state index is 13.4. The summed E-state index contributed by atoms with van der Waals surface area (Å²) in [4.78, 5) is 41.0. The molecule has 0 atom stereocenters. The summed E-state index contributed by atoms with van der Waals surface area (Å²) in [6.45, 7) is 2.68. The third-order valence-electron chi connectivity index (χ3n) is 5.52. The molecule has 0 bridgehead atoms. The van der Waals surface area contributed by atoms with Gasteiger partial charge in [-0.2, -0.15) is 0 Å². The second kappa shape index (κ2) is 8.57. The normalized spacial score (nSPS) is 13.0. The van der Waals surface area contributed by atoms with Crippen LogP contribution in [0.4, 0.5) is 0 Å². The highest BCUT2D eigenvalue weighted by molar-refractivity contribution is 7.19. The molecule has 1 amide bonds. The highest BCUT2D eigenvalue weighted by Crippen LogP contribution is 2.35. The number of aromatic nitrogens is 2. The predicted octanol–water partition coefficient (Wildman–Crippen LogP) is 2.03. The summed E-state index contributed by atoms with van der Waals surface area (Å²) < 4.78 is 7.61. The molecule has 30 heavy (non-hydrogen) atoms. The molecule has 0 unspecified atom stereocenters. The van der Waals surface area contributed by atoms with Crippen molar-refractivity contribution in [2.24, 2.45) is 0 Å². The molecule has 0 fully saturated rings. The summed E-state index contributed by atoms with van der Waals surface area (Å²) in [5.74, 6) is -0.282. The summed E-state index contributed by atoms with van der Waals surface area (Å²) in [5, 5.41) is 3.34. The lowest BCUT2D eigenvalue weighted by Gasteiger charge is -2.13. The van der Waals surface area contributed by atoms with Crippen LogP contribution in [0.15, 0.2) is 33.9 Å². The number of amides is 1. The van der Waals surface area contributed by atoms with E-state index in [4.69, 9.17) is 4.74 Å². The Labute approximate surface area is 177 Å². The Morgan fingerprint density at radius 1 is 1.20 bits per heavy atom. The van der Waals surface area contributed by atoms with Gasteiger partial charge in [0, 0.05) is 18.5 Å². The first-order valence-electron chi connectivity index (χ1n) is 10.2. The number of benzene rings is 1. The van der Waals surface area contributed by atoms with Gasteiger partial charge in [-0.15, -0.1) is 11.3 Å². The van der Waals surface area contributed by atoms with E-state index >= 15 is 0 Å². The molecule has 0 radical (unpaired) electrons. The Balaban J connectivity index is 1.88. The summed E-state index contributed by atoms with van der Waals surface area (Å²) in [6, 6.07) is 7.43. The van der Waals surface area contributed by atoms with Crippen LogP contribution in [0.25, 0.3) is 15.9 Å². The maximum Gasteiger partial charge on any atom is 0.337 e. The van der Waals surface area contributed by atoms with Gasteiger partial charge in [-0.25, -0.2) is 9.36 Å². The number of nitrogens with zero attached hydrogens (tertiary/aromatic N) is 2. The van der Waals surface area contributed by atoms with Gasteiger partial charge in [0.25, 0.3) is 5.56 Å². The average molecular weight is 428 g/mol. The Hall–Kier alpha value is -2.71. The number of carbonyl (C=O) groups excluding carboxylic acids is 1.